The Morgan fingerprint density at radius 2 is 1.83 bits per heavy atom. The van der Waals surface area contributed by atoms with Crippen molar-refractivity contribution in [2.24, 2.45) is 5.73 Å². The lowest BCUT2D eigenvalue weighted by molar-refractivity contribution is 0.202. The Labute approximate surface area is 109 Å². The summed E-state index contributed by atoms with van der Waals surface area (Å²) in [5.74, 6) is 0. The van der Waals surface area contributed by atoms with Crippen molar-refractivity contribution in [3.8, 4) is 0 Å². The molecule has 2 unspecified atom stereocenters. The Bertz CT molecular complexity index is 405. The van der Waals surface area contributed by atoms with Gasteiger partial charge in [-0.05, 0) is 19.4 Å². The molecule has 0 aromatic heterocycles. The topological polar surface area (TPSA) is 61.5 Å². The molecular formula is C13H22NO3P. The van der Waals surface area contributed by atoms with Crippen molar-refractivity contribution in [2.75, 3.05) is 19.4 Å². The van der Waals surface area contributed by atoms with E-state index in [-0.39, 0.29) is 12.6 Å². The molecule has 0 saturated carbocycles. The van der Waals surface area contributed by atoms with E-state index in [1.807, 2.05) is 31.2 Å². The number of aryl methyl sites for hydroxylation is 1. The van der Waals surface area contributed by atoms with Crippen molar-refractivity contribution >= 4 is 7.60 Å². The second-order valence-electron chi connectivity index (χ2n) is 4.16. The van der Waals surface area contributed by atoms with Gasteiger partial charge in [0.1, 0.15) is 0 Å². The number of hydrogen-bond acceptors (Lipinski definition) is 4. The van der Waals surface area contributed by atoms with Crippen LogP contribution in [0, 0.1) is 6.92 Å². The zero-order valence-electron chi connectivity index (χ0n) is 11.3. The summed E-state index contributed by atoms with van der Waals surface area (Å²) in [6, 6.07) is 7.63. The normalized spacial score (nSPS) is 16.2. The molecule has 18 heavy (non-hydrogen) atoms. The van der Waals surface area contributed by atoms with Crippen LogP contribution in [0.5, 0.6) is 0 Å². The summed E-state index contributed by atoms with van der Waals surface area (Å²) in [6.07, 6.45) is 0.363. The lowest BCUT2D eigenvalue weighted by Crippen LogP contribution is -2.17. The molecule has 0 spiro atoms. The molecule has 0 heterocycles. The van der Waals surface area contributed by atoms with Gasteiger partial charge in [-0.3, -0.25) is 4.57 Å². The van der Waals surface area contributed by atoms with Gasteiger partial charge in [0.15, 0.2) is 0 Å². The molecule has 0 saturated heterocycles. The van der Waals surface area contributed by atoms with E-state index in [2.05, 4.69) is 0 Å². The predicted octanol–water partition coefficient (Wildman–Crippen LogP) is 3.26. The van der Waals surface area contributed by atoms with Crippen LogP contribution in [-0.4, -0.2) is 19.4 Å². The Morgan fingerprint density at radius 1 is 1.22 bits per heavy atom. The van der Waals surface area contributed by atoms with Crippen LogP contribution in [0.4, 0.5) is 0 Å². The zero-order chi connectivity index (χ0) is 13.6. The van der Waals surface area contributed by atoms with Crippen molar-refractivity contribution in [1.82, 2.24) is 0 Å². The maximum absolute atomic E-state index is 12.1. The molecule has 5 heteroatoms. The van der Waals surface area contributed by atoms with Crippen LogP contribution in [0.1, 0.15) is 31.0 Å². The Hall–Kier alpha value is -0.670. The van der Waals surface area contributed by atoms with E-state index < -0.39 is 7.60 Å². The molecule has 0 amide bonds. The monoisotopic (exact) mass is 271 g/mol. The van der Waals surface area contributed by atoms with Gasteiger partial charge in [-0.1, -0.05) is 36.8 Å². The highest BCUT2D eigenvalue weighted by molar-refractivity contribution is 7.53. The van der Waals surface area contributed by atoms with E-state index >= 15 is 0 Å². The molecule has 1 rings (SSSR count). The number of nitrogens with two attached hydrogens (primary N) is 1. The average molecular weight is 271 g/mol. The minimum absolute atomic E-state index is 0.203. The fraction of sp³-hybridized carbons (Fsp3) is 0.538. The highest BCUT2D eigenvalue weighted by Gasteiger charge is 2.22. The standard InChI is InChI=1S/C13H22NO3P/c1-4-16-18(15,5-2)17-10-13(14)12-8-6-11(3)7-9-12/h6-9,13H,4-5,10,14H2,1-3H3. The average Bonchev–Trinajstić information content (AvgIpc) is 2.37. The van der Waals surface area contributed by atoms with Crippen molar-refractivity contribution in [3.05, 3.63) is 35.4 Å². The van der Waals surface area contributed by atoms with Gasteiger partial charge in [0.2, 0.25) is 0 Å². The third-order valence-electron chi connectivity index (χ3n) is 2.67. The quantitative estimate of drug-likeness (QED) is 0.773. The lowest BCUT2D eigenvalue weighted by atomic mass is 10.1. The van der Waals surface area contributed by atoms with Crippen molar-refractivity contribution in [3.63, 3.8) is 0 Å². The van der Waals surface area contributed by atoms with Crippen LogP contribution in [-0.2, 0) is 13.6 Å². The van der Waals surface area contributed by atoms with E-state index in [9.17, 15) is 4.57 Å². The molecule has 4 nitrogen and oxygen atoms in total. The maximum atomic E-state index is 12.1. The largest absolute Gasteiger partial charge is 0.330 e. The first-order chi connectivity index (χ1) is 8.50. The van der Waals surface area contributed by atoms with Crippen molar-refractivity contribution in [2.45, 2.75) is 26.8 Å². The molecule has 0 aliphatic rings. The smallest absolute Gasteiger partial charge is 0.322 e. The number of hydrogen-bond donors (Lipinski definition) is 1. The highest BCUT2D eigenvalue weighted by Crippen LogP contribution is 2.47. The van der Waals surface area contributed by atoms with Crippen molar-refractivity contribution < 1.29 is 13.6 Å². The van der Waals surface area contributed by atoms with Crippen LogP contribution in [0.2, 0.25) is 0 Å². The number of rotatable bonds is 7. The lowest BCUT2D eigenvalue weighted by Gasteiger charge is -2.19. The van der Waals surface area contributed by atoms with Crippen LogP contribution >= 0.6 is 7.60 Å². The van der Waals surface area contributed by atoms with Gasteiger partial charge in [-0.15, -0.1) is 0 Å². The number of benzene rings is 1. The molecule has 102 valence electrons. The minimum atomic E-state index is -2.96. The molecule has 0 radical (unpaired) electrons. The van der Waals surface area contributed by atoms with Crippen LogP contribution < -0.4 is 5.73 Å². The fourth-order valence-corrected chi connectivity index (χ4v) is 2.74. The summed E-state index contributed by atoms with van der Waals surface area (Å²) in [5.41, 5.74) is 8.15. The Morgan fingerprint density at radius 3 is 2.33 bits per heavy atom. The molecule has 1 aromatic rings. The second kappa shape index (κ2) is 7.05. The molecule has 0 aliphatic heterocycles. The van der Waals surface area contributed by atoms with E-state index in [0.717, 1.165) is 5.56 Å². The van der Waals surface area contributed by atoms with Crippen molar-refractivity contribution in [1.29, 1.82) is 0 Å². The molecular weight excluding hydrogens is 249 g/mol. The van der Waals surface area contributed by atoms with Crippen LogP contribution in [0.15, 0.2) is 24.3 Å². The van der Waals surface area contributed by atoms with Crippen LogP contribution in [0.25, 0.3) is 0 Å². The fourth-order valence-electron chi connectivity index (χ4n) is 1.52. The summed E-state index contributed by atoms with van der Waals surface area (Å²) in [5, 5.41) is 0. The van der Waals surface area contributed by atoms with E-state index in [4.69, 9.17) is 14.8 Å². The molecule has 1 aromatic carbocycles. The summed E-state index contributed by atoms with van der Waals surface area (Å²) < 4.78 is 22.6. The third-order valence-corrected chi connectivity index (χ3v) is 4.64. The van der Waals surface area contributed by atoms with E-state index in [0.29, 0.717) is 12.8 Å². The first-order valence-corrected chi connectivity index (χ1v) is 7.94. The zero-order valence-corrected chi connectivity index (χ0v) is 12.2. The summed E-state index contributed by atoms with van der Waals surface area (Å²) in [4.78, 5) is 0. The summed E-state index contributed by atoms with van der Waals surface area (Å²) in [6.45, 7) is 6.19. The molecule has 2 atom stereocenters. The maximum Gasteiger partial charge on any atom is 0.330 e. The summed E-state index contributed by atoms with van der Waals surface area (Å²) >= 11 is 0. The van der Waals surface area contributed by atoms with E-state index in [1.54, 1.807) is 13.8 Å². The first kappa shape index (κ1) is 15.4. The third kappa shape index (κ3) is 4.54. The van der Waals surface area contributed by atoms with Gasteiger partial charge in [0.05, 0.1) is 19.3 Å². The Balaban J connectivity index is 2.57. The molecule has 0 aliphatic carbocycles. The predicted molar refractivity (Wildman–Crippen MR) is 73.8 cm³/mol. The Kier molecular flexibility index (Phi) is 6.03. The van der Waals surface area contributed by atoms with Gasteiger partial charge >= 0.3 is 7.60 Å². The minimum Gasteiger partial charge on any atom is -0.322 e. The van der Waals surface area contributed by atoms with Gasteiger partial charge in [0, 0.05) is 6.16 Å². The van der Waals surface area contributed by atoms with E-state index in [1.165, 1.54) is 5.56 Å². The van der Waals surface area contributed by atoms with Crippen LogP contribution in [0.3, 0.4) is 0 Å². The summed E-state index contributed by atoms with van der Waals surface area (Å²) in [7, 11) is -2.96. The SMILES string of the molecule is CCOP(=O)(CC)OCC(N)c1ccc(C)cc1. The first-order valence-electron chi connectivity index (χ1n) is 6.21. The second-order valence-corrected chi connectivity index (χ2v) is 6.53. The molecule has 0 bridgehead atoms. The highest BCUT2D eigenvalue weighted by atomic mass is 31.2. The van der Waals surface area contributed by atoms with Gasteiger partial charge in [0.25, 0.3) is 0 Å². The molecule has 2 N–H and O–H groups in total. The molecule has 0 fully saturated rings. The van der Waals surface area contributed by atoms with Gasteiger partial charge < -0.3 is 14.8 Å². The van der Waals surface area contributed by atoms with Gasteiger partial charge in [-0.2, -0.15) is 0 Å². The van der Waals surface area contributed by atoms with Gasteiger partial charge in [-0.25, -0.2) is 0 Å².